The van der Waals surface area contributed by atoms with Gasteiger partial charge in [0.05, 0.1) is 17.1 Å². The number of hydrogen-bond donors (Lipinski definition) is 1. The van der Waals surface area contributed by atoms with Gasteiger partial charge in [-0.2, -0.15) is 0 Å². The summed E-state index contributed by atoms with van der Waals surface area (Å²) >= 11 is 2.82. The topological polar surface area (TPSA) is 62.3 Å². The molecule has 1 aliphatic rings. The number of aromatic nitrogens is 1. The van der Waals surface area contributed by atoms with E-state index in [1.165, 1.54) is 22.7 Å². The summed E-state index contributed by atoms with van der Waals surface area (Å²) in [6.45, 7) is 0.746. The number of rotatable bonds is 3. The zero-order valence-corrected chi connectivity index (χ0v) is 13.2. The van der Waals surface area contributed by atoms with Crippen LogP contribution in [0.3, 0.4) is 0 Å². The average Bonchev–Trinajstić information content (AvgIpc) is 3.25. The minimum atomic E-state index is -0.132. The van der Waals surface area contributed by atoms with Gasteiger partial charge in [-0.25, -0.2) is 4.98 Å². The lowest BCUT2D eigenvalue weighted by molar-refractivity contribution is 0.0740. The zero-order chi connectivity index (χ0) is 14.8. The molecule has 0 aromatic carbocycles. The van der Waals surface area contributed by atoms with Crippen molar-refractivity contribution in [1.29, 1.82) is 0 Å². The van der Waals surface area contributed by atoms with Crippen LogP contribution in [0.4, 0.5) is 0 Å². The zero-order valence-electron chi connectivity index (χ0n) is 11.5. The van der Waals surface area contributed by atoms with E-state index < -0.39 is 0 Å². The van der Waals surface area contributed by atoms with Crippen LogP contribution in [0, 0.1) is 0 Å². The number of thiazole rings is 1. The van der Waals surface area contributed by atoms with Crippen LogP contribution in [0.25, 0.3) is 0 Å². The van der Waals surface area contributed by atoms with Gasteiger partial charge < -0.3 is 10.2 Å². The first-order chi connectivity index (χ1) is 10.2. The minimum Gasteiger partial charge on any atom is -0.354 e. The molecule has 1 aliphatic heterocycles. The van der Waals surface area contributed by atoms with Gasteiger partial charge in [-0.15, -0.1) is 22.7 Å². The second-order valence-electron chi connectivity index (χ2n) is 4.78. The molecule has 0 radical (unpaired) electrons. The van der Waals surface area contributed by atoms with Crippen molar-refractivity contribution in [2.24, 2.45) is 0 Å². The van der Waals surface area contributed by atoms with E-state index in [4.69, 9.17) is 0 Å². The van der Waals surface area contributed by atoms with Crippen molar-refractivity contribution in [2.75, 3.05) is 13.6 Å². The Kier molecular flexibility index (Phi) is 4.03. The van der Waals surface area contributed by atoms with E-state index in [2.05, 4.69) is 10.3 Å². The number of nitrogens with one attached hydrogen (secondary N) is 1. The summed E-state index contributed by atoms with van der Waals surface area (Å²) in [5.74, 6) is -0.0722. The third-order valence-corrected chi connectivity index (χ3v) is 5.46. The van der Waals surface area contributed by atoms with Crippen LogP contribution in [-0.4, -0.2) is 35.3 Å². The van der Waals surface area contributed by atoms with Gasteiger partial charge in [0.1, 0.15) is 9.88 Å². The van der Waals surface area contributed by atoms with Crippen molar-refractivity contribution in [1.82, 2.24) is 15.2 Å². The third kappa shape index (κ3) is 2.71. The quantitative estimate of drug-likeness (QED) is 0.945. The Balaban J connectivity index is 1.82. The Hall–Kier alpha value is -1.73. The number of likely N-dealkylation sites (tertiary alicyclic amines) is 1. The van der Waals surface area contributed by atoms with E-state index in [0.717, 1.165) is 29.3 Å². The van der Waals surface area contributed by atoms with E-state index in [0.29, 0.717) is 4.88 Å². The number of hydrogen-bond acceptors (Lipinski definition) is 5. The van der Waals surface area contributed by atoms with Gasteiger partial charge in [0, 0.05) is 13.6 Å². The standard InChI is InChI=1S/C14H15N3O2S2/c1-15-12(18)11-8-16-13(21-11)9-4-2-6-17(9)14(19)10-5-3-7-20-10/h3,5,7-9H,2,4,6H2,1H3,(H,15,18)/t9-/m0/s1. The fourth-order valence-corrected chi connectivity index (χ4v) is 4.17. The van der Waals surface area contributed by atoms with Crippen molar-refractivity contribution >= 4 is 34.5 Å². The lowest BCUT2D eigenvalue weighted by atomic mass is 10.2. The second-order valence-corrected chi connectivity index (χ2v) is 6.79. The van der Waals surface area contributed by atoms with Gasteiger partial charge in [0.25, 0.3) is 11.8 Å². The molecule has 21 heavy (non-hydrogen) atoms. The first-order valence-electron chi connectivity index (χ1n) is 6.73. The van der Waals surface area contributed by atoms with Crippen LogP contribution in [0.2, 0.25) is 0 Å². The highest BCUT2D eigenvalue weighted by Crippen LogP contribution is 2.35. The Morgan fingerprint density at radius 2 is 2.29 bits per heavy atom. The van der Waals surface area contributed by atoms with Crippen LogP contribution in [0.15, 0.2) is 23.7 Å². The molecule has 0 saturated carbocycles. The molecule has 2 aromatic heterocycles. The van der Waals surface area contributed by atoms with E-state index in [1.54, 1.807) is 13.2 Å². The van der Waals surface area contributed by atoms with Gasteiger partial charge >= 0.3 is 0 Å². The van der Waals surface area contributed by atoms with E-state index >= 15 is 0 Å². The highest BCUT2D eigenvalue weighted by atomic mass is 32.1. The Morgan fingerprint density at radius 3 is 3.00 bits per heavy atom. The summed E-state index contributed by atoms with van der Waals surface area (Å²) in [6, 6.07) is 3.72. The van der Waals surface area contributed by atoms with Crippen LogP contribution >= 0.6 is 22.7 Å². The molecule has 0 spiro atoms. The van der Waals surface area contributed by atoms with Gasteiger partial charge in [-0.1, -0.05) is 6.07 Å². The number of carbonyl (C=O) groups excluding carboxylic acids is 2. The molecule has 1 N–H and O–H groups in total. The summed E-state index contributed by atoms with van der Waals surface area (Å²) < 4.78 is 0. The van der Waals surface area contributed by atoms with Crippen LogP contribution < -0.4 is 5.32 Å². The summed E-state index contributed by atoms with van der Waals surface area (Å²) in [6.07, 6.45) is 3.46. The van der Waals surface area contributed by atoms with Gasteiger partial charge in [-0.05, 0) is 24.3 Å². The lowest BCUT2D eigenvalue weighted by Crippen LogP contribution is -2.29. The van der Waals surface area contributed by atoms with Crippen molar-refractivity contribution in [3.63, 3.8) is 0 Å². The molecular formula is C14H15N3O2S2. The first-order valence-corrected chi connectivity index (χ1v) is 8.42. The number of thiophene rings is 1. The Morgan fingerprint density at radius 1 is 1.43 bits per heavy atom. The molecule has 2 aromatic rings. The largest absolute Gasteiger partial charge is 0.354 e. The molecule has 2 amide bonds. The monoisotopic (exact) mass is 321 g/mol. The first kappa shape index (κ1) is 14.2. The summed E-state index contributed by atoms with van der Waals surface area (Å²) in [5, 5.41) is 5.35. The fourth-order valence-electron chi connectivity index (χ4n) is 2.48. The number of nitrogens with zero attached hydrogens (tertiary/aromatic N) is 2. The normalized spacial score (nSPS) is 18.0. The molecule has 110 valence electrons. The molecule has 1 atom stereocenters. The Bertz CT molecular complexity index is 651. The average molecular weight is 321 g/mol. The maximum atomic E-state index is 12.5. The highest BCUT2D eigenvalue weighted by molar-refractivity contribution is 7.13. The number of amides is 2. The second kappa shape index (κ2) is 5.95. The highest BCUT2D eigenvalue weighted by Gasteiger charge is 2.33. The molecule has 1 fully saturated rings. The molecular weight excluding hydrogens is 306 g/mol. The van der Waals surface area contributed by atoms with Gasteiger partial charge in [0.15, 0.2) is 0 Å². The Labute approximate surface area is 130 Å². The number of carbonyl (C=O) groups is 2. The van der Waals surface area contributed by atoms with E-state index in [-0.39, 0.29) is 17.9 Å². The van der Waals surface area contributed by atoms with Crippen LogP contribution in [0.5, 0.6) is 0 Å². The smallest absolute Gasteiger partial charge is 0.264 e. The van der Waals surface area contributed by atoms with Crippen molar-refractivity contribution in [2.45, 2.75) is 18.9 Å². The molecule has 0 aliphatic carbocycles. The minimum absolute atomic E-state index is 0.0111. The molecule has 0 bridgehead atoms. The summed E-state index contributed by atoms with van der Waals surface area (Å²) in [7, 11) is 1.60. The van der Waals surface area contributed by atoms with Crippen molar-refractivity contribution < 1.29 is 9.59 Å². The lowest BCUT2D eigenvalue weighted by Gasteiger charge is -2.22. The molecule has 3 rings (SSSR count). The van der Waals surface area contributed by atoms with E-state index in [9.17, 15) is 9.59 Å². The maximum absolute atomic E-state index is 12.5. The van der Waals surface area contributed by atoms with Crippen LogP contribution in [-0.2, 0) is 0 Å². The van der Waals surface area contributed by atoms with Crippen LogP contribution in [0.1, 0.15) is 43.2 Å². The summed E-state index contributed by atoms with van der Waals surface area (Å²) in [4.78, 5) is 31.7. The molecule has 5 nitrogen and oxygen atoms in total. The predicted octanol–water partition coefficient (Wildman–Crippen LogP) is 2.54. The summed E-state index contributed by atoms with van der Waals surface area (Å²) in [5.41, 5.74) is 0. The van der Waals surface area contributed by atoms with Crippen molar-refractivity contribution in [3.05, 3.63) is 38.5 Å². The van der Waals surface area contributed by atoms with Crippen molar-refractivity contribution in [3.8, 4) is 0 Å². The van der Waals surface area contributed by atoms with Gasteiger partial charge in [-0.3, -0.25) is 9.59 Å². The van der Waals surface area contributed by atoms with Gasteiger partial charge in [0.2, 0.25) is 0 Å². The van der Waals surface area contributed by atoms with E-state index in [1.807, 2.05) is 22.4 Å². The fraction of sp³-hybridized carbons (Fsp3) is 0.357. The molecule has 3 heterocycles. The molecule has 1 saturated heterocycles. The molecule has 7 heteroatoms. The molecule has 0 unspecified atom stereocenters. The third-order valence-electron chi connectivity index (χ3n) is 3.51. The SMILES string of the molecule is CNC(=O)c1cnc([C@@H]2CCCN2C(=O)c2cccs2)s1. The maximum Gasteiger partial charge on any atom is 0.264 e. The predicted molar refractivity (Wildman–Crippen MR) is 82.8 cm³/mol.